The largest absolute Gasteiger partial charge is 0.397 e. The molecule has 6 heteroatoms. The maximum Gasteiger partial charge on any atom is 0.164 e. The Kier molecular flexibility index (Phi) is 7.82. The number of fused-ring (bicyclic) bond motifs is 1. The summed E-state index contributed by atoms with van der Waals surface area (Å²) in [4.78, 5) is 14.6. The van der Waals surface area contributed by atoms with Crippen molar-refractivity contribution >= 4 is 27.8 Å². The first-order chi connectivity index (χ1) is 24.1. The smallest absolute Gasteiger partial charge is 0.164 e. The molecule has 8 rings (SSSR count). The highest BCUT2D eigenvalue weighted by Gasteiger charge is 2.13. The van der Waals surface area contributed by atoms with Crippen molar-refractivity contribution in [3.8, 4) is 56.4 Å². The predicted octanol–water partition coefficient (Wildman–Crippen LogP) is 9.95. The van der Waals surface area contributed by atoms with E-state index in [0.717, 1.165) is 55.7 Å². The Morgan fingerprint density at radius 2 is 0.776 bits per heavy atom. The molecular weight excluding hydrogens is 601 g/mol. The quantitative estimate of drug-likeness (QED) is 0.103. The number of anilines is 3. The Hall–Kier alpha value is -6.63. The van der Waals surface area contributed by atoms with Crippen LogP contribution in [0.1, 0.15) is 0 Å². The molecule has 4 N–H and O–H groups in total. The van der Waals surface area contributed by atoms with Crippen molar-refractivity contribution in [2.24, 2.45) is 5.84 Å². The Labute approximate surface area is 285 Å². The number of hydrogen-bond donors (Lipinski definition) is 2. The van der Waals surface area contributed by atoms with Gasteiger partial charge in [-0.25, -0.2) is 20.8 Å². The molecule has 8 aromatic rings. The van der Waals surface area contributed by atoms with E-state index < -0.39 is 0 Å². The first kappa shape index (κ1) is 29.8. The molecule has 0 unspecified atom stereocenters. The van der Waals surface area contributed by atoms with Gasteiger partial charge in [0.05, 0.1) is 17.1 Å². The highest BCUT2D eigenvalue weighted by molar-refractivity contribution is 5.91. The second-order valence-corrected chi connectivity index (χ2v) is 11.9. The van der Waals surface area contributed by atoms with E-state index in [0.29, 0.717) is 23.2 Å². The lowest BCUT2D eigenvalue weighted by molar-refractivity contribution is 1.07. The fraction of sp³-hybridized carbons (Fsp3) is 0. The van der Waals surface area contributed by atoms with Crippen LogP contribution in [0.25, 0.3) is 67.2 Å². The Morgan fingerprint density at radius 1 is 0.367 bits per heavy atom. The van der Waals surface area contributed by atoms with Crippen LogP contribution in [-0.4, -0.2) is 15.0 Å². The lowest BCUT2D eigenvalue weighted by atomic mass is 9.97. The maximum atomic E-state index is 6.40. The number of aromatic nitrogens is 3. The van der Waals surface area contributed by atoms with E-state index in [1.807, 2.05) is 97.1 Å². The van der Waals surface area contributed by atoms with Crippen molar-refractivity contribution < 1.29 is 0 Å². The van der Waals surface area contributed by atoms with Gasteiger partial charge in [-0.1, -0.05) is 133 Å². The van der Waals surface area contributed by atoms with Crippen LogP contribution in [-0.2, 0) is 0 Å². The number of nitrogen functional groups attached to an aromatic ring is 1. The number of nitrogens with zero attached hydrogens (tertiary/aromatic N) is 4. The zero-order chi connectivity index (χ0) is 33.2. The predicted molar refractivity (Wildman–Crippen MR) is 202 cm³/mol. The van der Waals surface area contributed by atoms with Gasteiger partial charge in [-0.15, -0.1) is 0 Å². The van der Waals surface area contributed by atoms with Crippen LogP contribution in [0.4, 0.5) is 17.1 Å². The summed E-state index contributed by atoms with van der Waals surface area (Å²) in [7, 11) is 0. The third-order valence-corrected chi connectivity index (χ3v) is 8.69. The highest BCUT2D eigenvalue weighted by Crippen LogP contribution is 2.33. The molecule has 0 bridgehead atoms. The van der Waals surface area contributed by atoms with Gasteiger partial charge in [0, 0.05) is 16.7 Å². The van der Waals surface area contributed by atoms with Gasteiger partial charge in [0.2, 0.25) is 0 Å². The molecular formula is C43H32N6. The molecule has 0 saturated carbocycles. The van der Waals surface area contributed by atoms with Crippen molar-refractivity contribution in [1.82, 2.24) is 15.0 Å². The fourth-order valence-electron chi connectivity index (χ4n) is 6.02. The zero-order valence-corrected chi connectivity index (χ0v) is 26.6. The molecule has 0 saturated heterocycles. The molecule has 0 spiro atoms. The third-order valence-electron chi connectivity index (χ3n) is 8.69. The molecule has 1 heterocycles. The van der Waals surface area contributed by atoms with Crippen LogP contribution >= 0.6 is 0 Å². The van der Waals surface area contributed by atoms with E-state index >= 15 is 0 Å². The molecule has 49 heavy (non-hydrogen) atoms. The normalized spacial score (nSPS) is 11.0. The average molecular weight is 633 g/mol. The highest BCUT2D eigenvalue weighted by atomic mass is 15.4. The molecule has 6 nitrogen and oxygen atoms in total. The molecule has 7 aromatic carbocycles. The molecule has 234 valence electrons. The van der Waals surface area contributed by atoms with Gasteiger partial charge < -0.3 is 5.73 Å². The van der Waals surface area contributed by atoms with Crippen molar-refractivity contribution in [3.63, 3.8) is 0 Å². The molecule has 0 aliphatic rings. The van der Waals surface area contributed by atoms with Crippen LogP contribution in [0.3, 0.4) is 0 Å². The lowest BCUT2D eigenvalue weighted by Crippen LogP contribution is -2.25. The van der Waals surface area contributed by atoms with Crippen LogP contribution in [0.5, 0.6) is 0 Å². The minimum Gasteiger partial charge on any atom is -0.397 e. The van der Waals surface area contributed by atoms with Crippen LogP contribution in [0.2, 0.25) is 0 Å². The number of para-hydroxylation sites is 2. The van der Waals surface area contributed by atoms with Gasteiger partial charge >= 0.3 is 0 Å². The summed E-state index contributed by atoms with van der Waals surface area (Å²) >= 11 is 0. The second kappa shape index (κ2) is 12.9. The summed E-state index contributed by atoms with van der Waals surface area (Å²) in [5.41, 5.74) is 15.7. The summed E-state index contributed by atoms with van der Waals surface area (Å²) in [5, 5.41) is 3.96. The summed E-state index contributed by atoms with van der Waals surface area (Å²) in [5.74, 6) is 8.33. The Balaban J connectivity index is 1.08. The fourth-order valence-corrected chi connectivity index (χ4v) is 6.02. The van der Waals surface area contributed by atoms with E-state index in [1.54, 1.807) is 5.01 Å². The summed E-state index contributed by atoms with van der Waals surface area (Å²) < 4.78 is 0. The average Bonchev–Trinajstić information content (AvgIpc) is 3.18. The van der Waals surface area contributed by atoms with Crippen LogP contribution < -0.4 is 16.6 Å². The van der Waals surface area contributed by atoms with Crippen molar-refractivity contribution in [2.45, 2.75) is 0 Å². The van der Waals surface area contributed by atoms with E-state index in [2.05, 4.69) is 72.8 Å². The standard InChI is InChI=1S/C43H32N6/c44-39-13-7-8-14-40(39)49(45)38-25-23-30(24-26-38)36-22-18-31-17-21-35(27-37(31)28-36)29-15-19-34(20-16-29)43-47-41(32-9-3-1-4-10-32)46-42(48-43)33-11-5-2-6-12-33/h1-28H,44-45H2. The van der Waals surface area contributed by atoms with Crippen LogP contribution in [0.15, 0.2) is 170 Å². The number of hydrogen-bond acceptors (Lipinski definition) is 6. The van der Waals surface area contributed by atoms with Gasteiger partial charge in [0.25, 0.3) is 0 Å². The first-order valence-corrected chi connectivity index (χ1v) is 16.1. The first-order valence-electron chi connectivity index (χ1n) is 16.1. The van der Waals surface area contributed by atoms with Crippen LogP contribution in [0, 0.1) is 0 Å². The van der Waals surface area contributed by atoms with Crippen molar-refractivity contribution in [1.29, 1.82) is 0 Å². The number of hydrazine groups is 1. The molecule has 0 atom stereocenters. The molecule has 0 aliphatic heterocycles. The lowest BCUT2D eigenvalue weighted by Gasteiger charge is -2.20. The Morgan fingerprint density at radius 3 is 1.29 bits per heavy atom. The second-order valence-electron chi connectivity index (χ2n) is 11.9. The number of rotatable bonds is 7. The minimum absolute atomic E-state index is 0.633. The third kappa shape index (κ3) is 6.12. The van der Waals surface area contributed by atoms with Gasteiger partial charge in [0.1, 0.15) is 0 Å². The number of benzene rings is 7. The van der Waals surface area contributed by atoms with E-state index in [-0.39, 0.29) is 0 Å². The molecule has 0 amide bonds. The number of nitrogens with two attached hydrogens (primary N) is 2. The molecule has 0 fully saturated rings. The summed E-state index contributed by atoms with van der Waals surface area (Å²) in [6, 6.07) is 57.4. The monoisotopic (exact) mass is 632 g/mol. The van der Waals surface area contributed by atoms with Crippen molar-refractivity contribution in [3.05, 3.63) is 170 Å². The van der Waals surface area contributed by atoms with E-state index in [9.17, 15) is 0 Å². The van der Waals surface area contributed by atoms with Gasteiger partial charge in [-0.2, -0.15) is 0 Å². The zero-order valence-electron chi connectivity index (χ0n) is 26.6. The molecule has 1 aromatic heterocycles. The molecule has 0 radical (unpaired) electrons. The summed E-state index contributed by atoms with van der Waals surface area (Å²) in [6.07, 6.45) is 0. The summed E-state index contributed by atoms with van der Waals surface area (Å²) in [6.45, 7) is 0. The van der Waals surface area contributed by atoms with Crippen molar-refractivity contribution in [2.75, 3.05) is 10.7 Å². The SMILES string of the molecule is Nc1ccccc1N(N)c1ccc(-c2ccc3ccc(-c4ccc(-c5nc(-c6ccccc6)nc(-c6ccccc6)n5)cc4)cc3c2)cc1. The van der Waals surface area contributed by atoms with E-state index in [1.165, 1.54) is 5.39 Å². The Bertz CT molecular complexity index is 2330. The van der Waals surface area contributed by atoms with Gasteiger partial charge in [-0.3, -0.25) is 5.01 Å². The minimum atomic E-state index is 0.633. The van der Waals surface area contributed by atoms with E-state index in [4.69, 9.17) is 26.5 Å². The topological polar surface area (TPSA) is 94.0 Å². The van der Waals surface area contributed by atoms with Gasteiger partial charge in [-0.05, 0) is 69.4 Å². The maximum absolute atomic E-state index is 6.40. The van der Waals surface area contributed by atoms with Gasteiger partial charge in [0.15, 0.2) is 17.5 Å². The molecule has 0 aliphatic carbocycles.